The molecule has 4 aromatic carbocycles. The summed E-state index contributed by atoms with van der Waals surface area (Å²) in [5, 5.41) is 4.64. The van der Waals surface area contributed by atoms with Crippen LogP contribution in [-0.2, 0) is 21.1 Å². The Morgan fingerprint density at radius 3 is 1.50 bits per heavy atom. The summed E-state index contributed by atoms with van der Waals surface area (Å²) in [4.78, 5) is 9.04. The van der Waals surface area contributed by atoms with Gasteiger partial charge in [0.15, 0.2) is 0 Å². The molecule has 0 aliphatic rings. The molecule has 0 radical (unpaired) electrons. The van der Waals surface area contributed by atoms with Crippen LogP contribution in [0.5, 0.6) is 11.5 Å². The predicted octanol–water partition coefficient (Wildman–Crippen LogP) is 7.01. The fraction of sp³-hybridized carbons (Fsp3) is 0. The molecule has 0 saturated carbocycles. The Kier molecular flexibility index (Phi) is 6.89. The molecule has 3 nitrogen and oxygen atoms in total. The van der Waals surface area contributed by atoms with Crippen molar-refractivity contribution in [3.05, 3.63) is 122 Å². The summed E-state index contributed by atoms with van der Waals surface area (Å²) in [6, 6.07) is 37.5. The first kappa shape index (κ1) is 21.7. The van der Waals surface area contributed by atoms with Crippen molar-refractivity contribution in [3.63, 3.8) is 0 Å². The van der Waals surface area contributed by atoms with Gasteiger partial charge in [-0.1, -0.05) is 36.4 Å². The first-order valence-corrected chi connectivity index (χ1v) is 10.0. The largest absolute Gasteiger partial charge is 2.00 e. The van der Waals surface area contributed by atoms with Crippen LogP contribution < -0.4 is 4.74 Å². The van der Waals surface area contributed by atoms with E-state index in [1.165, 1.54) is 5.39 Å². The maximum absolute atomic E-state index is 5.47. The van der Waals surface area contributed by atoms with Crippen LogP contribution in [0.4, 0.5) is 0 Å². The first-order chi connectivity index (χ1) is 15.4. The Balaban J connectivity index is 0.000000157. The summed E-state index contributed by atoms with van der Waals surface area (Å²) >= 11 is 0. The Labute approximate surface area is 201 Å². The van der Waals surface area contributed by atoms with E-state index in [2.05, 4.69) is 58.5 Å². The number of para-hydroxylation sites is 2. The molecule has 6 aromatic rings. The van der Waals surface area contributed by atoms with Crippen LogP contribution in [0.25, 0.3) is 32.6 Å². The minimum atomic E-state index is 0. The Morgan fingerprint density at radius 1 is 0.531 bits per heavy atom. The minimum absolute atomic E-state index is 0. The molecule has 0 amide bonds. The summed E-state index contributed by atoms with van der Waals surface area (Å²) in [5.41, 5.74) is 2.05. The van der Waals surface area contributed by atoms with Crippen molar-refractivity contribution < 1.29 is 25.8 Å². The maximum Gasteiger partial charge on any atom is 2.00 e. The maximum atomic E-state index is 5.47. The molecule has 2 heterocycles. The second kappa shape index (κ2) is 10.2. The fourth-order valence-electron chi connectivity index (χ4n) is 3.49. The predicted molar refractivity (Wildman–Crippen MR) is 125 cm³/mol. The second-order valence-corrected chi connectivity index (χ2v) is 6.94. The molecule has 0 atom stereocenters. The van der Waals surface area contributed by atoms with Crippen LogP contribution >= 0.6 is 0 Å². The fourth-order valence-corrected chi connectivity index (χ4v) is 3.49. The quantitative estimate of drug-likeness (QED) is 0.160. The molecule has 0 unspecified atom stereocenters. The van der Waals surface area contributed by atoms with Gasteiger partial charge in [0.2, 0.25) is 0 Å². The molecule has 0 N–H and O–H groups in total. The molecule has 0 saturated heterocycles. The number of nitrogens with zero attached hydrogens (tertiary/aromatic N) is 2. The van der Waals surface area contributed by atoms with Crippen molar-refractivity contribution in [3.8, 4) is 11.5 Å². The molecule has 32 heavy (non-hydrogen) atoms. The minimum Gasteiger partial charge on any atom is -0.509 e. The zero-order valence-corrected chi connectivity index (χ0v) is 19.3. The van der Waals surface area contributed by atoms with Gasteiger partial charge in [-0.3, -0.25) is 9.97 Å². The van der Waals surface area contributed by atoms with E-state index >= 15 is 0 Å². The van der Waals surface area contributed by atoms with Crippen LogP contribution in [0, 0.1) is 12.1 Å². The van der Waals surface area contributed by atoms with Gasteiger partial charge < -0.3 is 4.74 Å². The number of rotatable bonds is 2. The summed E-state index contributed by atoms with van der Waals surface area (Å²) in [5.74, 6) is 1.43. The van der Waals surface area contributed by atoms with E-state index < -0.39 is 0 Å². The standard InChI is InChI=1S/C16H10N2.C12H8O.Pt/c1-3-12-7-5-11-6-8-13-4-2-10-18-16(13)14(11)15(12)17-9-1;1-3-7-11(8-4-1)13-12-9-5-2-6-10-12;/h1-10H;1-7,9H;/q;-2;+2. The molecule has 0 aliphatic heterocycles. The molecule has 2 aromatic heterocycles. The number of pyridine rings is 2. The van der Waals surface area contributed by atoms with Crippen molar-refractivity contribution in [2.45, 2.75) is 0 Å². The molecule has 6 rings (SSSR count). The third kappa shape index (κ3) is 4.69. The average Bonchev–Trinajstić information content (AvgIpc) is 2.85. The van der Waals surface area contributed by atoms with Crippen molar-refractivity contribution >= 4 is 32.6 Å². The molecule has 0 aliphatic carbocycles. The summed E-state index contributed by atoms with van der Waals surface area (Å²) in [6.07, 6.45) is 3.67. The van der Waals surface area contributed by atoms with Crippen molar-refractivity contribution in [1.82, 2.24) is 9.97 Å². The van der Waals surface area contributed by atoms with Crippen molar-refractivity contribution in [2.24, 2.45) is 0 Å². The zero-order valence-electron chi connectivity index (χ0n) is 17.0. The van der Waals surface area contributed by atoms with Gasteiger partial charge in [-0.05, 0) is 17.5 Å². The van der Waals surface area contributed by atoms with E-state index in [1.807, 2.05) is 73.1 Å². The van der Waals surface area contributed by atoms with E-state index in [0.29, 0.717) is 11.5 Å². The third-order valence-electron chi connectivity index (χ3n) is 4.91. The number of benzene rings is 4. The van der Waals surface area contributed by atoms with Crippen LogP contribution in [0.2, 0.25) is 0 Å². The van der Waals surface area contributed by atoms with Crippen LogP contribution in [0.1, 0.15) is 0 Å². The molecule has 156 valence electrons. The van der Waals surface area contributed by atoms with Gasteiger partial charge >= 0.3 is 21.1 Å². The smallest absolute Gasteiger partial charge is 0.509 e. The average molecular weight is 594 g/mol. The van der Waals surface area contributed by atoms with Crippen molar-refractivity contribution in [1.29, 1.82) is 0 Å². The number of hydrogen-bond donors (Lipinski definition) is 0. The van der Waals surface area contributed by atoms with Crippen LogP contribution in [0.3, 0.4) is 0 Å². The van der Waals surface area contributed by atoms with Gasteiger partial charge in [-0.2, -0.15) is 36.4 Å². The summed E-state index contributed by atoms with van der Waals surface area (Å²) in [7, 11) is 0. The van der Waals surface area contributed by atoms with E-state index in [-0.39, 0.29) is 21.1 Å². The Morgan fingerprint density at radius 2 is 1.03 bits per heavy atom. The van der Waals surface area contributed by atoms with Gasteiger partial charge in [0.25, 0.3) is 0 Å². The topological polar surface area (TPSA) is 35.0 Å². The van der Waals surface area contributed by atoms with Crippen LogP contribution in [0.15, 0.2) is 109 Å². The number of fused-ring (bicyclic) bond motifs is 5. The van der Waals surface area contributed by atoms with E-state index in [0.717, 1.165) is 27.2 Å². The van der Waals surface area contributed by atoms with E-state index in [9.17, 15) is 0 Å². The Bertz CT molecular complexity index is 1350. The first-order valence-electron chi connectivity index (χ1n) is 10.0. The molecular formula is C28H18N2OPt. The van der Waals surface area contributed by atoms with E-state index in [4.69, 9.17) is 4.74 Å². The number of hydrogen-bond acceptors (Lipinski definition) is 3. The number of ether oxygens (including phenoxy) is 1. The van der Waals surface area contributed by atoms with Gasteiger partial charge in [-0.25, -0.2) is 0 Å². The summed E-state index contributed by atoms with van der Waals surface area (Å²) in [6.45, 7) is 0. The van der Waals surface area contributed by atoms with Gasteiger partial charge in [0.1, 0.15) is 0 Å². The second-order valence-electron chi connectivity index (χ2n) is 6.94. The molecule has 4 heteroatoms. The normalized spacial score (nSPS) is 10.2. The van der Waals surface area contributed by atoms with Gasteiger partial charge in [0, 0.05) is 40.1 Å². The number of aromatic nitrogens is 2. The monoisotopic (exact) mass is 593 g/mol. The molecule has 0 spiro atoms. The van der Waals surface area contributed by atoms with Gasteiger partial charge in [0.05, 0.1) is 11.0 Å². The Hall–Kier alpha value is -3.55. The zero-order chi connectivity index (χ0) is 20.9. The summed E-state index contributed by atoms with van der Waals surface area (Å²) < 4.78 is 5.47. The van der Waals surface area contributed by atoms with Crippen LogP contribution in [-0.4, -0.2) is 9.97 Å². The van der Waals surface area contributed by atoms with Crippen molar-refractivity contribution in [2.75, 3.05) is 0 Å². The third-order valence-corrected chi connectivity index (χ3v) is 4.91. The van der Waals surface area contributed by atoms with Gasteiger partial charge in [-0.15, -0.1) is 24.3 Å². The SMILES string of the molecule is [Pt+2].[c-]1ccccc1Oc1[c-]cccc1.c1cnc2c(c1)ccc1ccc3cccnc3c12. The molecular weight excluding hydrogens is 575 g/mol. The van der Waals surface area contributed by atoms with E-state index in [1.54, 1.807) is 0 Å². The molecule has 0 fully saturated rings. The molecule has 0 bridgehead atoms.